The summed E-state index contributed by atoms with van der Waals surface area (Å²) in [5.41, 5.74) is 3.89. The number of likely N-dealkylation sites (tertiary alicyclic amines) is 1. The van der Waals surface area contributed by atoms with Crippen molar-refractivity contribution in [1.82, 2.24) is 34.8 Å². The number of urea groups is 1. The van der Waals surface area contributed by atoms with Gasteiger partial charge in [0.2, 0.25) is 17.7 Å². The number of imide groups is 2. The maximum Gasteiger partial charge on any atom is 0.317 e. The molecule has 63 heavy (non-hydrogen) atoms. The van der Waals surface area contributed by atoms with E-state index >= 15 is 0 Å². The Kier molecular flexibility index (Phi) is 12.3. The minimum atomic E-state index is -1.05. The van der Waals surface area contributed by atoms with Crippen molar-refractivity contribution in [3.05, 3.63) is 74.7 Å². The average Bonchev–Trinajstić information content (AvgIpc) is 3.54. The van der Waals surface area contributed by atoms with E-state index in [0.717, 1.165) is 53.1 Å². The van der Waals surface area contributed by atoms with Gasteiger partial charge in [-0.25, -0.2) is 4.79 Å². The monoisotopic (exact) mass is 867 g/mol. The van der Waals surface area contributed by atoms with Gasteiger partial charge in [-0.3, -0.25) is 43.9 Å². The third-order valence-electron chi connectivity index (χ3n) is 13.0. The zero-order chi connectivity index (χ0) is 44.6. The Bertz CT molecular complexity index is 2400. The van der Waals surface area contributed by atoms with Gasteiger partial charge < -0.3 is 38.6 Å². The van der Waals surface area contributed by atoms with Crippen LogP contribution in [-0.2, 0) is 45.7 Å². The van der Waals surface area contributed by atoms with Crippen molar-refractivity contribution in [2.45, 2.75) is 69.7 Å². The van der Waals surface area contributed by atoms with Crippen molar-refractivity contribution < 1.29 is 47.7 Å². The highest BCUT2D eigenvalue weighted by molar-refractivity contribution is 6.23. The molecular formula is C45H53N7O11. The maximum atomic E-state index is 13.4. The first-order chi connectivity index (χ1) is 30.3. The average molecular weight is 868 g/mol. The Morgan fingerprint density at radius 1 is 0.889 bits per heavy atom. The summed E-state index contributed by atoms with van der Waals surface area (Å²) in [6, 6.07) is 7.28. The van der Waals surface area contributed by atoms with Crippen LogP contribution in [0.5, 0.6) is 17.2 Å². The summed E-state index contributed by atoms with van der Waals surface area (Å²) in [5, 5.41) is 4.85. The number of morpholine rings is 1. The van der Waals surface area contributed by atoms with Crippen LogP contribution in [0.1, 0.15) is 75.9 Å². The van der Waals surface area contributed by atoms with Gasteiger partial charge in [-0.2, -0.15) is 0 Å². The highest BCUT2D eigenvalue weighted by Crippen LogP contribution is 2.40. The molecule has 18 heteroatoms. The molecule has 0 radical (unpaired) electrons. The van der Waals surface area contributed by atoms with Crippen LogP contribution in [0.3, 0.4) is 0 Å². The predicted octanol–water partition coefficient (Wildman–Crippen LogP) is 2.22. The van der Waals surface area contributed by atoms with Crippen LogP contribution in [0, 0.1) is 0 Å². The van der Waals surface area contributed by atoms with Gasteiger partial charge in [0, 0.05) is 83.5 Å². The molecule has 3 fully saturated rings. The summed E-state index contributed by atoms with van der Waals surface area (Å²) >= 11 is 0. The number of nitrogens with zero attached hydrogens (tertiary/aromatic N) is 5. The lowest BCUT2D eigenvalue weighted by Crippen LogP contribution is -2.57. The van der Waals surface area contributed by atoms with E-state index in [2.05, 4.69) is 15.5 Å². The van der Waals surface area contributed by atoms with E-state index in [-0.39, 0.29) is 61.0 Å². The standard InChI is InChI=1S/C45H53N7O11/c1-46-44(59)50-14-11-29-32(23-48(2)41(56)33(29)25-50)27-20-36(60-3)34(37(21-27)61-4)24-49-15-12-45(13-16-49)26-51(17-19-63-45)39(54)6-5-18-62-28-7-8-30-31(22-28)43(58)52(42(30)57)35-9-10-38(53)47-40(35)55/h7-8,20-23,35H,5-6,9-19,24-26H2,1-4H3,(H,46,59)(H,47,53,55). The van der Waals surface area contributed by atoms with E-state index in [1.807, 2.05) is 23.2 Å². The van der Waals surface area contributed by atoms with Gasteiger partial charge in [-0.05, 0) is 73.6 Å². The number of fused-ring (bicyclic) bond motifs is 2. The Morgan fingerprint density at radius 3 is 2.32 bits per heavy atom. The molecule has 3 aromatic rings. The molecule has 6 heterocycles. The molecule has 0 aliphatic carbocycles. The van der Waals surface area contributed by atoms with E-state index in [0.29, 0.717) is 68.4 Å². The lowest BCUT2D eigenvalue weighted by molar-refractivity contribution is -0.159. The second kappa shape index (κ2) is 17.8. The molecule has 5 aliphatic rings. The summed E-state index contributed by atoms with van der Waals surface area (Å²) in [6.07, 6.45) is 4.67. The van der Waals surface area contributed by atoms with Crippen molar-refractivity contribution in [2.24, 2.45) is 7.05 Å². The van der Waals surface area contributed by atoms with Crippen LogP contribution in [0.4, 0.5) is 4.79 Å². The number of piperidine rings is 2. The SMILES string of the molecule is CNC(=O)N1CCc2c(-c3cc(OC)c(CN4CCC5(CC4)CN(C(=O)CCCOc4ccc6c(c4)C(=O)N(C4CCC(=O)NC4=O)C6=O)CCO5)c(OC)c3)cn(C)c(=O)c2C1. The Balaban J connectivity index is 0.849. The molecule has 1 atom stereocenters. The fourth-order valence-electron chi connectivity index (χ4n) is 9.49. The zero-order valence-corrected chi connectivity index (χ0v) is 36.1. The lowest BCUT2D eigenvalue weighted by Gasteiger charge is -2.47. The van der Waals surface area contributed by atoms with Gasteiger partial charge in [-0.15, -0.1) is 0 Å². The number of nitrogens with one attached hydrogen (secondary N) is 2. The number of carbonyl (C=O) groups excluding carboxylic acids is 6. The van der Waals surface area contributed by atoms with Crippen molar-refractivity contribution in [3.63, 3.8) is 0 Å². The fraction of sp³-hybridized carbons (Fsp3) is 0.489. The number of rotatable bonds is 11. The number of ether oxygens (including phenoxy) is 4. The molecule has 1 unspecified atom stereocenters. The first-order valence-electron chi connectivity index (χ1n) is 21.4. The Hall–Kier alpha value is -6.27. The van der Waals surface area contributed by atoms with Crippen LogP contribution in [0.15, 0.2) is 41.3 Å². The minimum Gasteiger partial charge on any atom is -0.496 e. The molecule has 0 bridgehead atoms. The molecule has 334 valence electrons. The van der Waals surface area contributed by atoms with Crippen LogP contribution in [0.25, 0.3) is 11.1 Å². The number of pyridine rings is 1. The van der Waals surface area contributed by atoms with Gasteiger partial charge in [0.15, 0.2) is 0 Å². The topological polar surface area (TPSA) is 198 Å². The predicted molar refractivity (Wildman–Crippen MR) is 226 cm³/mol. The molecule has 2 N–H and O–H groups in total. The number of carbonyl (C=O) groups is 6. The third kappa shape index (κ3) is 8.48. The quantitative estimate of drug-likeness (QED) is 0.211. The normalized spacial score (nSPS) is 19.7. The first kappa shape index (κ1) is 43.4. The second-order valence-corrected chi connectivity index (χ2v) is 16.7. The van der Waals surface area contributed by atoms with Crippen LogP contribution >= 0.6 is 0 Å². The summed E-state index contributed by atoms with van der Waals surface area (Å²) in [4.78, 5) is 96.0. The number of methoxy groups -OCH3 is 2. The summed E-state index contributed by atoms with van der Waals surface area (Å²) < 4.78 is 25.8. The lowest BCUT2D eigenvalue weighted by atomic mass is 9.88. The van der Waals surface area contributed by atoms with Crippen LogP contribution in [0.2, 0.25) is 0 Å². The smallest absolute Gasteiger partial charge is 0.317 e. The number of hydrogen-bond acceptors (Lipinski definition) is 12. The van der Waals surface area contributed by atoms with Crippen molar-refractivity contribution in [1.29, 1.82) is 0 Å². The van der Waals surface area contributed by atoms with Gasteiger partial charge >= 0.3 is 6.03 Å². The van der Waals surface area contributed by atoms with E-state index in [1.165, 1.54) is 12.1 Å². The van der Waals surface area contributed by atoms with Gasteiger partial charge in [0.1, 0.15) is 23.3 Å². The number of hydrogen-bond donors (Lipinski definition) is 2. The molecule has 1 aromatic heterocycles. The Labute approximate surface area is 364 Å². The molecule has 2 aromatic carbocycles. The number of benzene rings is 2. The largest absolute Gasteiger partial charge is 0.496 e. The fourth-order valence-corrected chi connectivity index (χ4v) is 9.49. The molecule has 18 nitrogen and oxygen atoms in total. The van der Waals surface area contributed by atoms with Gasteiger partial charge in [0.05, 0.1) is 56.3 Å². The molecule has 3 saturated heterocycles. The minimum absolute atomic E-state index is 0.0106. The first-order valence-corrected chi connectivity index (χ1v) is 21.4. The molecule has 1 spiro atoms. The van der Waals surface area contributed by atoms with E-state index in [4.69, 9.17) is 18.9 Å². The molecule has 0 saturated carbocycles. The van der Waals surface area contributed by atoms with Crippen molar-refractivity contribution in [3.8, 4) is 28.4 Å². The van der Waals surface area contributed by atoms with E-state index in [1.54, 1.807) is 43.8 Å². The third-order valence-corrected chi connectivity index (χ3v) is 13.0. The number of aromatic nitrogens is 1. The van der Waals surface area contributed by atoms with Crippen LogP contribution < -0.4 is 30.4 Å². The highest BCUT2D eigenvalue weighted by Gasteiger charge is 2.45. The van der Waals surface area contributed by atoms with E-state index in [9.17, 15) is 33.6 Å². The summed E-state index contributed by atoms with van der Waals surface area (Å²) in [6.45, 7) is 4.43. The number of aryl methyl sites for hydroxylation is 1. The second-order valence-electron chi connectivity index (χ2n) is 16.7. The maximum absolute atomic E-state index is 13.4. The molecular weight excluding hydrogens is 815 g/mol. The van der Waals surface area contributed by atoms with E-state index < -0.39 is 35.3 Å². The van der Waals surface area contributed by atoms with Gasteiger partial charge in [-0.1, -0.05) is 0 Å². The summed E-state index contributed by atoms with van der Waals surface area (Å²) in [7, 11) is 6.57. The number of amides is 7. The summed E-state index contributed by atoms with van der Waals surface area (Å²) in [5.74, 6) is -0.581. The zero-order valence-electron chi connectivity index (χ0n) is 36.1. The molecule has 8 rings (SSSR count). The molecule has 5 aliphatic heterocycles. The van der Waals surface area contributed by atoms with Crippen molar-refractivity contribution in [2.75, 3.05) is 67.2 Å². The van der Waals surface area contributed by atoms with Crippen LogP contribution in [-0.4, -0.2) is 139 Å². The van der Waals surface area contributed by atoms with Crippen molar-refractivity contribution >= 4 is 35.6 Å². The highest BCUT2D eigenvalue weighted by atomic mass is 16.5. The molecule has 7 amide bonds. The van der Waals surface area contributed by atoms with Gasteiger partial charge in [0.25, 0.3) is 17.4 Å². The Morgan fingerprint density at radius 2 is 1.62 bits per heavy atom.